The molecule has 0 bridgehead atoms. The maximum atomic E-state index is 12.4. The van der Waals surface area contributed by atoms with Gasteiger partial charge in [0, 0.05) is 31.9 Å². The highest BCUT2D eigenvalue weighted by Gasteiger charge is 2.30. The fraction of sp³-hybridized carbons (Fsp3) is 0.364. The van der Waals surface area contributed by atoms with Crippen LogP contribution in [0.3, 0.4) is 0 Å². The molecule has 0 fully saturated rings. The van der Waals surface area contributed by atoms with E-state index < -0.39 is 17.3 Å². The van der Waals surface area contributed by atoms with Crippen molar-refractivity contribution in [1.29, 1.82) is 0 Å². The first kappa shape index (κ1) is 13.5. The fourth-order valence-electron chi connectivity index (χ4n) is 1.28. The number of hydrogen-bond acceptors (Lipinski definition) is 2. The van der Waals surface area contributed by atoms with E-state index in [1.54, 1.807) is 6.08 Å². The minimum Gasteiger partial charge on any atom is -0.314 e. The zero-order valence-electron chi connectivity index (χ0n) is 9.13. The van der Waals surface area contributed by atoms with Crippen LogP contribution in [0.2, 0.25) is 0 Å². The summed E-state index contributed by atoms with van der Waals surface area (Å²) in [6, 6.07) is 1.71. The summed E-state index contributed by atoms with van der Waals surface area (Å²) in [7, 11) is 0. The quantitative estimate of drug-likeness (QED) is 0.633. The van der Waals surface area contributed by atoms with E-state index in [4.69, 9.17) is 0 Å². The Kier molecular flexibility index (Phi) is 4.51. The molecule has 17 heavy (non-hydrogen) atoms. The fourth-order valence-corrected chi connectivity index (χ4v) is 1.28. The minimum atomic E-state index is -4.43. The molecule has 0 unspecified atom stereocenters. The van der Waals surface area contributed by atoms with Crippen molar-refractivity contribution in [2.45, 2.75) is 12.7 Å². The first-order chi connectivity index (χ1) is 7.95. The van der Waals surface area contributed by atoms with Crippen molar-refractivity contribution in [3.05, 3.63) is 46.9 Å². The summed E-state index contributed by atoms with van der Waals surface area (Å²) in [5.41, 5.74) is -1.26. The van der Waals surface area contributed by atoms with Gasteiger partial charge in [0.2, 0.25) is 0 Å². The van der Waals surface area contributed by atoms with Crippen LogP contribution >= 0.6 is 0 Å². The highest BCUT2D eigenvalue weighted by molar-refractivity contribution is 5.13. The molecule has 1 aromatic heterocycles. The van der Waals surface area contributed by atoms with Crippen LogP contribution in [0, 0.1) is 0 Å². The summed E-state index contributed by atoms with van der Waals surface area (Å²) in [6.07, 6.45) is -1.96. The first-order valence-corrected chi connectivity index (χ1v) is 5.04. The van der Waals surface area contributed by atoms with Crippen molar-refractivity contribution in [2.24, 2.45) is 0 Å². The number of aromatic nitrogens is 1. The molecule has 1 N–H and O–H groups in total. The number of hydrogen-bond donors (Lipinski definition) is 1. The molecule has 6 heteroatoms. The zero-order chi connectivity index (χ0) is 12.9. The molecule has 1 heterocycles. The number of alkyl halides is 3. The van der Waals surface area contributed by atoms with Crippen molar-refractivity contribution in [3.63, 3.8) is 0 Å². The minimum absolute atomic E-state index is 0.191. The van der Waals surface area contributed by atoms with Crippen LogP contribution in [0.4, 0.5) is 13.2 Å². The lowest BCUT2D eigenvalue weighted by molar-refractivity contribution is -0.138. The lowest BCUT2D eigenvalue weighted by atomic mass is 10.3. The normalized spacial score (nSPS) is 11.5. The summed E-state index contributed by atoms with van der Waals surface area (Å²) < 4.78 is 38.2. The lowest BCUT2D eigenvalue weighted by Gasteiger charge is -2.10. The second-order valence-corrected chi connectivity index (χ2v) is 3.44. The van der Waals surface area contributed by atoms with E-state index in [0.717, 1.165) is 22.9 Å². The predicted molar refractivity (Wildman–Crippen MR) is 58.8 cm³/mol. The standard InChI is InChI=1S/C11H13F3N2O/c1-2-5-15-6-7-16-8-9(11(12,13)14)3-4-10(16)17/h2-4,8,15H,1,5-7H2. The largest absolute Gasteiger partial charge is 0.417 e. The summed E-state index contributed by atoms with van der Waals surface area (Å²) in [4.78, 5) is 11.3. The van der Waals surface area contributed by atoms with Gasteiger partial charge in [0.15, 0.2) is 0 Å². The molecule has 3 nitrogen and oxygen atoms in total. The Morgan fingerprint density at radius 2 is 2.12 bits per heavy atom. The monoisotopic (exact) mass is 246 g/mol. The van der Waals surface area contributed by atoms with E-state index in [-0.39, 0.29) is 6.54 Å². The zero-order valence-corrected chi connectivity index (χ0v) is 9.13. The van der Waals surface area contributed by atoms with Crippen molar-refractivity contribution in [1.82, 2.24) is 9.88 Å². The maximum Gasteiger partial charge on any atom is 0.417 e. The Labute approximate surface area is 96.6 Å². The van der Waals surface area contributed by atoms with Crippen molar-refractivity contribution < 1.29 is 13.2 Å². The lowest BCUT2D eigenvalue weighted by Crippen LogP contribution is -2.27. The molecule has 0 saturated heterocycles. The Morgan fingerprint density at radius 1 is 1.41 bits per heavy atom. The molecule has 1 aromatic rings. The molecule has 0 aliphatic rings. The van der Waals surface area contributed by atoms with Crippen LogP contribution in [-0.2, 0) is 12.7 Å². The summed E-state index contributed by atoms with van der Waals surface area (Å²) >= 11 is 0. The van der Waals surface area contributed by atoms with E-state index in [1.165, 1.54) is 0 Å². The van der Waals surface area contributed by atoms with Gasteiger partial charge in [-0.25, -0.2) is 0 Å². The van der Waals surface area contributed by atoms with Gasteiger partial charge in [0.05, 0.1) is 5.56 Å². The van der Waals surface area contributed by atoms with Crippen molar-refractivity contribution >= 4 is 0 Å². The van der Waals surface area contributed by atoms with Gasteiger partial charge in [-0.15, -0.1) is 6.58 Å². The Hall–Kier alpha value is -1.56. The highest BCUT2D eigenvalue weighted by atomic mass is 19.4. The van der Waals surface area contributed by atoms with Crippen LogP contribution < -0.4 is 10.9 Å². The molecule has 0 atom stereocenters. The molecule has 0 aromatic carbocycles. The van der Waals surface area contributed by atoms with Gasteiger partial charge in [0.1, 0.15) is 0 Å². The second-order valence-electron chi connectivity index (χ2n) is 3.44. The molecule has 94 valence electrons. The molecule has 1 rings (SSSR count). The van der Waals surface area contributed by atoms with Crippen molar-refractivity contribution in [2.75, 3.05) is 13.1 Å². The Morgan fingerprint density at radius 3 is 2.71 bits per heavy atom. The number of nitrogens with one attached hydrogen (secondary N) is 1. The molecule has 0 saturated carbocycles. The van der Waals surface area contributed by atoms with Crippen LogP contribution in [0.25, 0.3) is 0 Å². The van der Waals surface area contributed by atoms with Gasteiger partial charge in [-0.2, -0.15) is 13.2 Å². The van der Waals surface area contributed by atoms with Gasteiger partial charge in [0.25, 0.3) is 5.56 Å². The van der Waals surface area contributed by atoms with Crippen LogP contribution in [0.15, 0.2) is 35.8 Å². The number of pyridine rings is 1. The summed E-state index contributed by atoms with van der Waals surface area (Å²) in [5.74, 6) is 0. The van der Waals surface area contributed by atoms with E-state index in [2.05, 4.69) is 11.9 Å². The van der Waals surface area contributed by atoms with Gasteiger partial charge in [-0.3, -0.25) is 4.79 Å². The van der Waals surface area contributed by atoms with E-state index in [9.17, 15) is 18.0 Å². The molecule has 0 spiro atoms. The second kappa shape index (κ2) is 5.67. The van der Waals surface area contributed by atoms with Gasteiger partial charge >= 0.3 is 6.18 Å². The van der Waals surface area contributed by atoms with E-state index >= 15 is 0 Å². The predicted octanol–water partition coefficient (Wildman–Crippen LogP) is 1.64. The van der Waals surface area contributed by atoms with Crippen LogP contribution in [0.1, 0.15) is 5.56 Å². The summed E-state index contributed by atoms with van der Waals surface area (Å²) in [5, 5.41) is 2.91. The van der Waals surface area contributed by atoms with E-state index in [0.29, 0.717) is 13.1 Å². The van der Waals surface area contributed by atoms with Gasteiger partial charge in [-0.05, 0) is 6.07 Å². The van der Waals surface area contributed by atoms with Crippen LogP contribution in [-0.4, -0.2) is 17.7 Å². The van der Waals surface area contributed by atoms with E-state index in [1.807, 2.05) is 0 Å². The maximum absolute atomic E-state index is 12.4. The molecule has 0 radical (unpaired) electrons. The third kappa shape index (κ3) is 4.07. The highest BCUT2D eigenvalue weighted by Crippen LogP contribution is 2.27. The molecule has 0 aliphatic heterocycles. The number of halogens is 3. The Bertz CT molecular complexity index is 437. The average Bonchev–Trinajstić information content (AvgIpc) is 2.25. The topological polar surface area (TPSA) is 34.0 Å². The summed E-state index contributed by atoms with van der Waals surface area (Å²) in [6.45, 7) is 4.64. The molecule has 0 amide bonds. The van der Waals surface area contributed by atoms with Crippen LogP contribution in [0.5, 0.6) is 0 Å². The van der Waals surface area contributed by atoms with Gasteiger partial charge < -0.3 is 9.88 Å². The van der Waals surface area contributed by atoms with Gasteiger partial charge in [-0.1, -0.05) is 6.08 Å². The third-order valence-electron chi connectivity index (χ3n) is 2.13. The SMILES string of the molecule is C=CCNCCn1cc(C(F)(F)F)ccc1=O. The van der Waals surface area contributed by atoms with Crippen molar-refractivity contribution in [3.8, 4) is 0 Å². The average molecular weight is 246 g/mol. The number of nitrogens with zero attached hydrogens (tertiary/aromatic N) is 1. The first-order valence-electron chi connectivity index (χ1n) is 5.04. The molecule has 0 aliphatic carbocycles. The third-order valence-corrected chi connectivity index (χ3v) is 2.13. The number of rotatable bonds is 5. The Balaban J connectivity index is 2.77. The molecular formula is C11H13F3N2O. The smallest absolute Gasteiger partial charge is 0.314 e. The molecular weight excluding hydrogens is 233 g/mol.